The molecule has 1 aliphatic rings. The molecule has 0 fully saturated rings. The fraction of sp³-hybridized carbons (Fsp3) is 0.429. The summed E-state index contributed by atoms with van der Waals surface area (Å²) in [7, 11) is 0. The molecule has 96 valence electrons. The number of aryl methyl sites for hydroxylation is 1. The number of anilines is 1. The quantitative estimate of drug-likeness (QED) is 0.891. The minimum absolute atomic E-state index is 0.124. The number of aromatic carboxylic acids is 1. The predicted molar refractivity (Wildman–Crippen MR) is 68.9 cm³/mol. The molecule has 18 heavy (non-hydrogen) atoms. The van der Waals surface area contributed by atoms with Crippen molar-refractivity contribution in [3.05, 3.63) is 29.3 Å². The Labute approximate surface area is 106 Å². The van der Waals surface area contributed by atoms with E-state index in [9.17, 15) is 9.59 Å². The Bertz CT molecular complexity index is 494. The highest BCUT2D eigenvalue weighted by Crippen LogP contribution is 2.29. The van der Waals surface area contributed by atoms with Crippen LogP contribution in [0.25, 0.3) is 0 Å². The molecule has 0 saturated carbocycles. The molecule has 0 spiro atoms. The Balaban J connectivity index is 2.38. The molecule has 0 aliphatic carbocycles. The van der Waals surface area contributed by atoms with Gasteiger partial charge >= 0.3 is 5.97 Å². The molecule has 4 heteroatoms. The van der Waals surface area contributed by atoms with Crippen LogP contribution in [0.4, 0.5) is 5.69 Å². The van der Waals surface area contributed by atoms with Crippen LogP contribution < -0.4 is 4.90 Å². The SMILES string of the molecule is CC(C)CN1C(=O)CCc2cc(C(=O)O)ccc21. The summed E-state index contributed by atoms with van der Waals surface area (Å²) in [5.41, 5.74) is 2.10. The van der Waals surface area contributed by atoms with Crippen molar-refractivity contribution in [2.45, 2.75) is 26.7 Å². The number of benzene rings is 1. The number of hydrogen-bond donors (Lipinski definition) is 1. The van der Waals surface area contributed by atoms with E-state index < -0.39 is 5.97 Å². The standard InChI is InChI=1S/C14H17NO3/c1-9(2)8-15-12-5-3-11(14(17)18)7-10(12)4-6-13(15)16/h3,5,7,9H,4,6,8H2,1-2H3,(H,17,18). The van der Waals surface area contributed by atoms with E-state index in [1.54, 1.807) is 23.1 Å². The highest BCUT2D eigenvalue weighted by Gasteiger charge is 2.25. The van der Waals surface area contributed by atoms with Crippen LogP contribution in [0.15, 0.2) is 18.2 Å². The molecular formula is C14H17NO3. The second-order valence-electron chi connectivity index (χ2n) is 5.05. The Morgan fingerprint density at radius 1 is 1.39 bits per heavy atom. The third-order valence-electron chi connectivity index (χ3n) is 3.07. The van der Waals surface area contributed by atoms with Crippen LogP contribution in [0.2, 0.25) is 0 Å². The average molecular weight is 247 g/mol. The number of rotatable bonds is 3. The number of carbonyl (C=O) groups is 2. The number of carboxylic acids is 1. The molecular weight excluding hydrogens is 230 g/mol. The summed E-state index contributed by atoms with van der Waals surface area (Å²) in [4.78, 5) is 24.6. The van der Waals surface area contributed by atoms with Gasteiger partial charge in [-0.2, -0.15) is 0 Å². The summed E-state index contributed by atoms with van der Waals surface area (Å²) in [5.74, 6) is -0.413. The molecule has 1 N–H and O–H groups in total. The Morgan fingerprint density at radius 3 is 2.72 bits per heavy atom. The van der Waals surface area contributed by atoms with E-state index in [4.69, 9.17) is 5.11 Å². The van der Waals surface area contributed by atoms with E-state index in [1.165, 1.54) is 0 Å². The first-order chi connectivity index (χ1) is 8.49. The highest BCUT2D eigenvalue weighted by molar-refractivity contribution is 5.97. The Kier molecular flexibility index (Phi) is 3.36. The van der Waals surface area contributed by atoms with Crippen molar-refractivity contribution >= 4 is 17.6 Å². The summed E-state index contributed by atoms with van der Waals surface area (Å²) in [6, 6.07) is 4.99. The summed E-state index contributed by atoms with van der Waals surface area (Å²) in [6.45, 7) is 4.80. The minimum Gasteiger partial charge on any atom is -0.478 e. The van der Waals surface area contributed by atoms with E-state index >= 15 is 0 Å². The van der Waals surface area contributed by atoms with Gasteiger partial charge in [0, 0.05) is 18.7 Å². The molecule has 0 radical (unpaired) electrons. The smallest absolute Gasteiger partial charge is 0.335 e. The fourth-order valence-electron chi connectivity index (χ4n) is 2.26. The minimum atomic E-state index is -0.926. The second kappa shape index (κ2) is 4.80. The molecule has 1 aromatic rings. The van der Waals surface area contributed by atoms with Gasteiger partial charge in [-0.3, -0.25) is 4.79 Å². The topological polar surface area (TPSA) is 57.6 Å². The highest BCUT2D eigenvalue weighted by atomic mass is 16.4. The molecule has 0 saturated heterocycles. The average Bonchev–Trinajstić information content (AvgIpc) is 2.31. The van der Waals surface area contributed by atoms with Crippen LogP contribution in [0.5, 0.6) is 0 Å². The molecule has 1 aromatic carbocycles. The number of hydrogen-bond acceptors (Lipinski definition) is 2. The van der Waals surface area contributed by atoms with Crippen LogP contribution in [0.3, 0.4) is 0 Å². The molecule has 1 heterocycles. The molecule has 0 atom stereocenters. The summed E-state index contributed by atoms with van der Waals surface area (Å²) in [5, 5.41) is 8.97. The maximum Gasteiger partial charge on any atom is 0.335 e. The first kappa shape index (κ1) is 12.6. The van der Waals surface area contributed by atoms with E-state index in [1.807, 2.05) is 0 Å². The van der Waals surface area contributed by atoms with Crippen molar-refractivity contribution in [2.24, 2.45) is 5.92 Å². The predicted octanol–water partition coefficient (Wildman–Crippen LogP) is 2.32. The van der Waals surface area contributed by atoms with Crippen molar-refractivity contribution in [1.82, 2.24) is 0 Å². The first-order valence-corrected chi connectivity index (χ1v) is 6.15. The van der Waals surface area contributed by atoms with Gasteiger partial charge in [-0.25, -0.2) is 4.79 Å². The van der Waals surface area contributed by atoms with Crippen molar-refractivity contribution in [1.29, 1.82) is 0 Å². The zero-order valence-corrected chi connectivity index (χ0v) is 10.6. The van der Waals surface area contributed by atoms with Crippen LogP contribution in [0.1, 0.15) is 36.2 Å². The van der Waals surface area contributed by atoms with Gasteiger partial charge in [0.25, 0.3) is 0 Å². The molecule has 1 amide bonds. The van der Waals surface area contributed by atoms with Crippen LogP contribution in [-0.2, 0) is 11.2 Å². The fourth-order valence-corrected chi connectivity index (χ4v) is 2.26. The van der Waals surface area contributed by atoms with Crippen LogP contribution in [0, 0.1) is 5.92 Å². The Morgan fingerprint density at radius 2 is 2.11 bits per heavy atom. The second-order valence-corrected chi connectivity index (χ2v) is 5.05. The van der Waals surface area contributed by atoms with Gasteiger partial charge in [0.2, 0.25) is 5.91 Å². The first-order valence-electron chi connectivity index (χ1n) is 6.15. The lowest BCUT2D eigenvalue weighted by molar-refractivity contribution is -0.119. The van der Waals surface area contributed by atoms with Gasteiger partial charge < -0.3 is 10.0 Å². The van der Waals surface area contributed by atoms with Crippen molar-refractivity contribution < 1.29 is 14.7 Å². The third kappa shape index (κ3) is 2.37. The third-order valence-corrected chi connectivity index (χ3v) is 3.07. The number of nitrogens with zero attached hydrogens (tertiary/aromatic N) is 1. The lowest BCUT2D eigenvalue weighted by Gasteiger charge is -2.31. The number of carboxylic acid groups (broad SMARTS) is 1. The van der Waals surface area contributed by atoms with Crippen molar-refractivity contribution in [3.63, 3.8) is 0 Å². The maximum absolute atomic E-state index is 11.9. The van der Waals surface area contributed by atoms with Crippen molar-refractivity contribution in [3.8, 4) is 0 Å². The zero-order valence-electron chi connectivity index (χ0n) is 10.6. The molecule has 0 bridgehead atoms. The summed E-state index contributed by atoms with van der Waals surface area (Å²) >= 11 is 0. The van der Waals surface area contributed by atoms with Gasteiger partial charge in [-0.1, -0.05) is 13.8 Å². The number of fused-ring (bicyclic) bond motifs is 1. The van der Waals surface area contributed by atoms with Crippen LogP contribution in [-0.4, -0.2) is 23.5 Å². The molecule has 0 aromatic heterocycles. The lowest BCUT2D eigenvalue weighted by atomic mass is 9.98. The molecule has 1 aliphatic heterocycles. The normalized spacial score (nSPS) is 14.8. The summed E-state index contributed by atoms with van der Waals surface area (Å²) in [6.07, 6.45) is 1.09. The van der Waals surface area contributed by atoms with Gasteiger partial charge in [0.05, 0.1) is 5.56 Å². The summed E-state index contributed by atoms with van der Waals surface area (Å²) < 4.78 is 0. The monoisotopic (exact) mass is 247 g/mol. The molecule has 4 nitrogen and oxygen atoms in total. The zero-order chi connectivity index (χ0) is 13.3. The van der Waals surface area contributed by atoms with E-state index in [2.05, 4.69) is 13.8 Å². The van der Waals surface area contributed by atoms with Gasteiger partial charge in [0.15, 0.2) is 0 Å². The van der Waals surface area contributed by atoms with Crippen molar-refractivity contribution in [2.75, 3.05) is 11.4 Å². The number of amides is 1. The van der Waals surface area contributed by atoms with Crippen LogP contribution >= 0.6 is 0 Å². The van der Waals surface area contributed by atoms with E-state index in [-0.39, 0.29) is 11.5 Å². The number of carbonyl (C=O) groups excluding carboxylic acids is 1. The van der Waals surface area contributed by atoms with Gasteiger partial charge in [-0.05, 0) is 36.1 Å². The largest absolute Gasteiger partial charge is 0.478 e. The maximum atomic E-state index is 11.9. The Hall–Kier alpha value is -1.84. The molecule has 2 rings (SSSR count). The van der Waals surface area contributed by atoms with E-state index in [0.29, 0.717) is 25.3 Å². The lowest BCUT2D eigenvalue weighted by Crippen LogP contribution is -2.37. The molecule has 0 unspecified atom stereocenters. The van der Waals surface area contributed by atoms with E-state index in [0.717, 1.165) is 11.3 Å². The van der Waals surface area contributed by atoms with Gasteiger partial charge in [0.1, 0.15) is 0 Å². The van der Waals surface area contributed by atoms with Gasteiger partial charge in [-0.15, -0.1) is 0 Å².